The largest absolute Gasteiger partial charge is 0.481 e. The fourth-order valence-electron chi connectivity index (χ4n) is 1.83. The molecule has 0 spiro atoms. The quantitative estimate of drug-likeness (QED) is 0.704. The maximum absolute atomic E-state index is 12.8. The third-order valence-corrected chi connectivity index (χ3v) is 3.89. The predicted octanol–water partition coefficient (Wildman–Crippen LogP) is 5.53. The van der Waals surface area contributed by atoms with Crippen molar-refractivity contribution in [2.45, 2.75) is 19.2 Å². The minimum atomic E-state index is -4.60. The molecule has 0 fully saturated rings. The minimum Gasteiger partial charge on any atom is -0.481 e. The molecule has 0 bridgehead atoms. The van der Waals surface area contributed by atoms with Crippen LogP contribution in [0.3, 0.4) is 0 Å². The van der Waals surface area contributed by atoms with E-state index in [0.717, 1.165) is 16.6 Å². The van der Waals surface area contributed by atoms with Gasteiger partial charge in [-0.1, -0.05) is 27.5 Å². The Bertz CT molecular complexity index is 735. The lowest BCUT2D eigenvalue weighted by Gasteiger charge is -2.16. The van der Waals surface area contributed by atoms with E-state index in [1.54, 1.807) is 24.3 Å². The van der Waals surface area contributed by atoms with Gasteiger partial charge < -0.3 is 10.1 Å². The van der Waals surface area contributed by atoms with Crippen molar-refractivity contribution in [3.05, 3.63) is 57.5 Å². The first-order valence-electron chi connectivity index (χ1n) is 6.76. The topological polar surface area (TPSA) is 38.3 Å². The average molecular weight is 423 g/mol. The average Bonchev–Trinajstić information content (AvgIpc) is 2.50. The highest BCUT2D eigenvalue weighted by molar-refractivity contribution is 9.10. The Morgan fingerprint density at radius 3 is 2.42 bits per heavy atom. The number of hydrogen-bond acceptors (Lipinski definition) is 2. The van der Waals surface area contributed by atoms with Gasteiger partial charge >= 0.3 is 6.18 Å². The van der Waals surface area contributed by atoms with Gasteiger partial charge in [0.25, 0.3) is 5.91 Å². The summed E-state index contributed by atoms with van der Waals surface area (Å²) in [5.74, 6) is -0.110. The summed E-state index contributed by atoms with van der Waals surface area (Å²) in [4.78, 5) is 12.1. The van der Waals surface area contributed by atoms with Crippen LogP contribution in [0.5, 0.6) is 5.75 Å². The maximum Gasteiger partial charge on any atom is 0.417 e. The van der Waals surface area contributed by atoms with E-state index in [4.69, 9.17) is 16.3 Å². The number of benzene rings is 2. The fourth-order valence-corrected chi connectivity index (χ4v) is 2.32. The smallest absolute Gasteiger partial charge is 0.417 e. The Morgan fingerprint density at radius 1 is 1.21 bits per heavy atom. The van der Waals surface area contributed by atoms with Crippen LogP contribution in [0.25, 0.3) is 0 Å². The van der Waals surface area contributed by atoms with Crippen LogP contribution >= 0.6 is 27.5 Å². The van der Waals surface area contributed by atoms with Crippen LogP contribution in [0, 0.1) is 0 Å². The van der Waals surface area contributed by atoms with Crippen LogP contribution in [0.1, 0.15) is 12.5 Å². The zero-order valence-corrected chi connectivity index (χ0v) is 14.7. The molecule has 0 heterocycles. The molecule has 24 heavy (non-hydrogen) atoms. The second kappa shape index (κ2) is 7.44. The van der Waals surface area contributed by atoms with Crippen LogP contribution < -0.4 is 10.1 Å². The van der Waals surface area contributed by atoms with Crippen molar-refractivity contribution in [1.82, 2.24) is 0 Å². The molecule has 1 atom stereocenters. The Balaban J connectivity index is 2.07. The molecule has 0 aliphatic heterocycles. The Morgan fingerprint density at radius 2 is 1.83 bits per heavy atom. The molecule has 2 aromatic rings. The van der Waals surface area contributed by atoms with Crippen LogP contribution in [-0.4, -0.2) is 12.0 Å². The third kappa shape index (κ3) is 4.88. The monoisotopic (exact) mass is 421 g/mol. The lowest BCUT2D eigenvalue weighted by Crippen LogP contribution is -2.30. The van der Waals surface area contributed by atoms with Gasteiger partial charge in [-0.05, 0) is 49.4 Å². The van der Waals surface area contributed by atoms with Crippen molar-refractivity contribution in [2.75, 3.05) is 5.32 Å². The van der Waals surface area contributed by atoms with Gasteiger partial charge in [-0.25, -0.2) is 0 Å². The Kier molecular flexibility index (Phi) is 5.77. The van der Waals surface area contributed by atoms with Crippen LogP contribution in [0.4, 0.5) is 18.9 Å². The summed E-state index contributed by atoms with van der Waals surface area (Å²) in [5.41, 5.74) is -1.02. The van der Waals surface area contributed by atoms with Gasteiger partial charge in [0.1, 0.15) is 5.75 Å². The molecule has 1 N–H and O–H groups in total. The molecule has 0 aliphatic carbocycles. The van der Waals surface area contributed by atoms with E-state index in [1.165, 1.54) is 13.0 Å². The summed E-state index contributed by atoms with van der Waals surface area (Å²) in [5, 5.41) is 1.95. The minimum absolute atomic E-state index is 0.0111. The Hall–Kier alpha value is -1.73. The van der Waals surface area contributed by atoms with Gasteiger partial charge in [0.05, 0.1) is 10.6 Å². The van der Waals surface area contributed by atoms with E-state index in [1.807, 2.05) is 0 Å². The molecule has 0 radical (unpaired) electrons. The molecule has 128 valence electrons. The molecule has 0 aromatic heterocycles. The molecule has 3 nitrogen and oxygen atoms in total. The molecular formula is C16H12BrClF3NO2. The third-order valence-electron chi connectivity index (χ3n) is 3.04. The molecule has 0 unspecified atom stereocenters. The van der Waals surface area contributed by atoms with E-state index in [-0.39, 0.29) is 5.69 Å². The van der Waals surface area contributed by atoms with Gasteiger partial charge in [0.15, 0.2) is 6.10 Å². The van der Waals surface area contributed by atoms with Gasteiger partial charge in [0.2, 0.25) is 0 Å². The zero-order chi connectivity index (χ0) is 17.9. The number of halogens is 5. The van der Waals surface area contributed by atoms with Crippen molar-refractivity contribution in [2.24, 2.45) is 0 Å². The summed E-state index contributed by atoms with van der Waals surface area (Å²) in [6.07, 6.45) is -5.49. The van der Waals surface area contributed by atoms with E-state index >= 15 is 0 Å². The van der Waals surface area contributed by atoms with Crippen molar-refractivity contribution in [3.63, 3.8) is 0 Å². The molecular weight excluding hydrogens is 411 g/mol. The first kappa shape index (κ1) is 18.6. The first-order valence-corrected chi connectivity index (χ1v) is 7.94. The number of anilines is 1. The van der Waals surface area contributed by atoms with Gasteiger partial charge in [-0.2, -0.15) is 13.2 Å². The van der Waals surface area contributed by atoms with E-state index in [9.17, 15) is 18.0 Å². The second-order valence-corrected chi connectivity index (χ2v) is 6.22. The van der Waals surface area contributed by atoms with E-state index in [2.05, 4.69) is 21.2 Å². The molecule has 0 saturated heterocycles. The molecule has 0 aliphatic rings. The number of carbonyl (C=O) groups excluding carboxylic acids is 1. The predicted molar refractivity (Wildman–Crippen MR) is 89.3 cm³/mol. The van der Waals surface area contributed by atoms with Gasteiger partial charge in [-0.15, -0.1) is 0 Å². The van der Waals surface area contributed by atoms with Crippen molar-refractivity contribution in [3.8, 4) is 5.75 Å². The Labute approximate surface area is 149 Å². The maximum atomic E-state index is 12.8. The summed E-state index contributed by atoms with van der Waals surface area (Å²) >= 11 is 8.81. The highest BCUT2D eigenvalue weighted by Crippen LogP contribution is 2.36. The summed E-state index contributed by atoms with van der Waals surface area (Å²) in [6.45, 7) is 1.50. The SMILES string of the molecule is C[C@@H](Oc1ccc(Br)cc1)C(=O)Nc1ccc(Cl)c(C(F)(F)F)c1. The standard InChI is InChI=1S/C16H12BrClF3NO2/c1-9(24-12-5-2-10(17)3-6-12)15(23)22-11-4-7-14(18)13(8-11)16(19,20)21/h2-9H,1H3,(H,22,23)/t9-/m1/s1. The zero-order valence-electron chi connectivity index (χ0n) is 12.3. The number of ether oxygens (including phenoxy) is 1. The molecule has 8 heteroatoms. The van der Waals surface area contributed by atoms with Gasteiger partial charge in [0, 0.05) is 10.2 Å². The number of nitrogens with one attached hydrogen (secondary N) is 1. The summed E-state index contributed by atoms with van der Waals surface area (Å²) in [6, 6.07) is 9.98. The number of alkyl halides is 3. The lowest BCUT2D eigenvalue weighted by molar-refractivity contribution is -0.137. The summed E-state index contributed by atoms with van der Waals surface area (Å²) < 4.78 is 44.8. The van der Waals surface area contributed by atoms with Crippen LogP contribution in [0.15, 0.2) is 46.9 Å². The van der Waals surface area contributed by atoms with Crippen molar-refractivity contribution in [1.29, 1.82) is 0 Å². The highest BCUT2D eigenvalue weighted by Gasteiger charge is 2.33. The number of carbonyl (C=O) groups is 1. The van der Waals surface area contributed by atoms with Crippen LogP contribution in [0.2, 0.25) is 5.02 Å². The molecule has 2 aromatic carbocycles. The molecule has 0 saturated carbocycles. The van der Waals surface area contributed by atoms with E-state index < -0.39 is 28.8 Å². The van der Waals surface area contributed by atoms with Crippen molar-refractivity contribution >= 4 is 39.1 Å². The lowest BCUT2D eigenvalue weighted by atomic mass is 10.2. The van der Waals surface area contributed by atoms with E-state index in [0.29, 0.717) is 5.75 Å². The fraction of sp³-hybridized carbons (Fsp3) is 0.188. The normalized spacial score (nSPS) is 12.6. The number of amides is 1. The van der Waals surface area contributed by atoms with Crippen molar-refractivity contribution < 1.29 is 22.7 Å². The highest BCUT2D eigenvalue weighted by atomic mass is 79.9. The first-order chi connectivity index (χ1) is 11.2. The van der Waals surface area contributed by atoms with Gasteiger partial charge in [-0.3, -0.25) is 4.79 Å². The summed E-state index contributed by atoms with van der Waals surface area (Å²) in [7, 11) is 0. The number of rotatable bonds is 4. The molecule has 1 amide bonds. The molecule has 2 rings (SSSR count). The van der Waals surface area contributed by atoms with Crippen LogP contribution in [-0.2, 0) is 11.0 Å². The number of hydrogen-bond donors (Lipinski definition) is 1. The second-order valence-electron chi connectivity index (χ2n) is 4.90.